The number of hydrogen-bond donors (Lipinski definition) is 0. The van der Waals surface area contributed by atoms with Crippen LogP contribution in [0.25, 0.3) is 0 Å². The van der Waals surface area contributed by atoms with Crippen molar-refractivity contribution < 1.29 is 4.74 Å². The molecule has 0 aliphatic rings. The van der Waals surface area contributed by atoms with Crippen LogP contribution in [0.3, 0.4) is 0 Å². The molecule has 0 atom stereocenters. The number of para-hydroxylation sites is 1. The minimum Gasteiger partial charge on any atom is -0.457 e. The van der Waals surface area contributed by atoms with E-state index in [9.17, 15) is 0 Å². The molecule has 2 aromatic rings. The van der Waals surface area contributed by atoms with E-state index in [0.29, 0.717) is 0 Å². The highest BCUT2D eigenvalue weighted by atomic mass is 16.5. The zero-order valence-corrected chi connectivity index (χ0v) is 8.26. The Labute approximate surface area is 88.9 Å². The van der Waals surface area contributed by atoms with Gasteiger partial charge in [-0.05, 0) is 31.0 Å². The molecule has 2 nitrogen and oxygen atoms in total. The molecule has 2 aromatic carbocycles. The standard InChI is InChI=1S/C13H11NO/c1-14-11-6-5-9-13(10-11)15-12-7-3-2-4-8-12/h2-10H,1H2. The van der Waals surface area contributed by atoms with Crippen LogP contribution in [0.5, 0.6) is 11.5 Å². The molecular weight excluding hydrogens is 186 g/mol. The van der Waals surface area contributed by atoms with Crippen LogP contribution in [0.1, 0.15) is 0 Å². The van der Waals surface area contributed by atoms with Crippen LogP contribution in [0.2, 0.25) is 0 Å². The summed E-state index contributed by atoms with van der Waals surface area (Å²) in [6.07, 6.45) is 0. The van der Waals surface area contributed by atoms with Crippen molar-refractivity contribution >= 4 is 12.4 Å². The predicted molar refractivity (Wildman–Crippen MR) is 62.2 cm³/mol. The Balaban J connectivity index is 2.21. The van der Waals surface area contributed by atoms with E-state index in [1.807, 2.05) is 54.6 Å². The minimum atomic E-state index is 0.770. The Hall–Kier alpha value is -2.09. The third-order valence-electron chi connectivity index (χ3n) is 1.98. The number of hydrogen-bond acceptors (Lipinski definition) is 2. The van der Waals surface area contributed by atoms with Crippen LogP contribution in [-0.4, -0.2) is 6.72 Å². The fourth-order valence-corrected chi connectivity index (χ4v) is 1.27. The van der Waals surface area contributed by atoms with Gasteiger partial charge in [0.1, 0.15) is 11.5 Å². The second-order valence-electron chi connectivity index (χ2n) is 3.07. The molecular formula is C13H11NO. The summed E-state index contributed by atoms with van der Waals surface area (Å²) in [5.41, 5.74) is 0.809. The smallest absolute Gasteiger partial charge is 0.129 e. The van der Waals surface area contributed by atoms with Crippen LogP contribution in [0.4, 0.5) is 5.69 Å². The molecule has 74 valence electrons. The molecule has 0 N–H and O–H groups in total. The maximum absolute atomic E-state index is 5.63. The third kappa shape index (κ3) is 2.44. The van der Waals surface area contributed by atoms with Gasteiger partial charge in [-0.25, -0.2) is 0 Å². The van der Waals surface area contributed by atoms with Gasteiger partial charge in [0.2, 0.25) is 0 Å². The van der Waals surface area contributed by atoms with Crippen molar-refractivity contribution in [2.24, 2.45) is 4.99 Å². The molecule has 0 fully saturated rings. The van der Waals surface area contributed by atoms with Crippen molar-refractivity contribution in [3.63, 3.8) is 0 Å². The molecule has 2 heteroatoms. The first-order chi connectivity index (χ1) is 7.38. The first kappa shape index (κ1) is 9.46. The van der Waals surface area contributed by atoms with Gasteiger partial charge in [-0.3, -0.25) is 4.99 Å². The fourth-order valence-electron chi connectivity index (χ4n) is 1.27. The fraction of sp³-hybridized carbons (Fsp3) is 0. The highest BCUT2D eigenvalue weighted by Gasteiger charge is 1.96. The Morgan fingerprint density at radius 3 is 2.33 bits per heavy atom. The van der Waals surface area contributed by atoms with Crippen LogP contribution < -0.4 is 4.74 Å². The van der Waals surface area contributed by atoms with Crippen molar-refractivity contribution in [1.82, 2.24) is 0 Å². The molecule has 0 radical (unpaired) electrons. The molecule has 0 spiro atoms. The van der Waals surface area contributed by atoms with Gasteiger partial charge in [0.05, 0.1) is 5.69 Å². The van der Waals surface area contributed by atoms with E-state index in [4.69, 9.17) is 4.74 Å². The van der Waals surface area contributed by atoms with E-state index in [0.717, 1.165) is 17.2 Å². The monoisotopic (exact) mass is 197 g/mol. The number of nitrogens with zero attached hydrogens (tertiary/aromatic N) is 1. The summed E-state index contributed by atoms with van der Waals surface area (Å²) < 4.78 is 5.63. The number of ether oxygens (including phenoxy) is 1. The summed E-state index contributed by atoms with van der Waals surface area (Å²) in [7, 11) is 0. The first-order valence-electron chi connectivity index (χ1n) is 4.68. The van der Waals surface area contributed by atoms with Gasteiger partial charge in [-0.15, -0.1) is 0 Å². The molecule has 0 aliphatic carbocycles. The van der Waals surface area contributed by atoms with Gasteiger partial charge < -0.3 is 4.74 Å². The van der Waals surface area contributed by atoms with Crippen molar-refractivity contribution in [2.75, 3.05) is 0 Å². The second kappa shape index (κ2) is 4.42. The van der Waals surface area contributed by atoms with Crippen LogP contribution in [0.15, 0.2) is 59.6 Å². The zero-order valence-electron chi connectivity index (χ0n) is 8.26. The summed E-state index contributed by atoms with van der Waals surface area (Å²) in [5, 5.41) is 0. The third-order valence-corrected chi connectivity index (χ3v) is 1.98. The SMILES string of the molecule is C=Nc1cccc(Oc2ccccc2)c1. The molecule has 0 unspecified atom stereocenters. The number of rotatable bonds is 3. The maximum atomic E-state index is 5.63. The molecule has 0 aliphatic heterocycles. The molecule has 0 amide bonds. The predicted octanol–water partition coefficient (Wildman–Crippen LogP) is 3.81. The van der Waals surface area contributed by atoms with Gasteiger partial charge in [0.15, 0.2) is 0 Å². The molecule has 0 saturated heterocycles. The lowest BCUT2D eigenvalue weighted by Crippen LogP contribution is -1.82. The van der Waals surface area contributed by atoms with Crippen molar-refractivity contribution in [3.05, 3.63) is 54.6 Å². The van der Waals surface area contributed by atoms with Gasteiger partial charge >= 0.3 is 0 Å². The van der Waals surface area contributed by atoms with Gasteiger partial charge in [0.25, 0.3) is 0 Å². The Kier molecular flexibility index (Phi) is 2.79. The Morgan fingerprint density at radius 1 is 0.867 bits per heavy atom. The molecule has 0 bridgehead atoms. The lowest BCUT2D eigenvalue weighted by atomic mass is 10.3. The number of benzene rings is 2. The van der Waals surface area contributed by atoms with Gasteiger partial charge in [0, 0.05) is 6.07 Å². The van der Waals surface area contributed by atoms with Gasteiger partial charge in [-0.2, -0.15) is 0 Å². The summed E-state index contributed by atoms with van der Waals surface area (Å²) in [5.74, 6) is 1.59. The molecule has 0 aromatic heterocycles. The Bertz CT molecular complexity index is 451. The van der Waals surface area contributed by atoms with E-state index in [1.165, 1.54) is 0 Å². The van der Waals surface area contributed by atoms with E-state index in [1.54, 1.807) is 0 Å². The number of aliphatic imine (C=N–C) groups is 1. The summed E-state index contributed by atoms with van der Waals surface area (Å²) >= 11 is 0. The molecule has 15 heavy (non-hydrogen) atoms. The van der Waals surface area contributed by atoms with E-state index in [-0.39, 0.29) is 0 Å². The van der Waals surface area contributed by atoms with Crippen molar-refractivity contribution in [3.8, 4) is 11.5 Å². The van der Waals surface area contributed by atoms with Crippen molar-refractivity contribution in [1.29, 1.82) is 0 Å². The van der Waals surface area contributed by atoms with E-state index in [2.05, 4.69) is 11.7 Å². The quantitative estimate of drug-likeness (QED) is 0.685. The highest BCUT2D eigenvalue weighted by molar-refractivity contribution is 5.49. The summed E-state index contributed by atoms with van der Waals surface area (Å²) in [6, 6.07) is 17.2. The molecule has 2 rings (SSSR count). The average molecular weight is 197 g/mol. The van der Waals surface area contributed by atoms with Crippen LogP contribution >= 0.6 is 0 Å². The minimum absolute atomic E-state index is 0.770. The van der Waals surface area contributed by atoms with E-state index < -0.39 is 0 Å². The normalized spacial score (nSPS) is 9.60. The highest BCUT2D eigenvalue weighted by Crippen LogP contribution is 2.24. The molecule has 0 heterocycles. The molecule has 0 saturated carbocycles. The first-order valence-corrected chi connectivity index (χ1v) is 4.68. The van der Waals surface area contributed by atoms with Crippen LogP contribution in [0, 0.1) is 0 Å². The van der Waals surface area contributed by atoms with Crippen molar-refractivity contribution in [2.45, 2.75) is 0 Å². The lowest BCUT2D eigenvalue weighted by Gasteiger charge is -2.05. The van der Waals surface area contributed by atoms with Gasteiger partial charge in [-0.1, -0.05) is 24.3 Å². The summed E-state index contributed by atoms with van der Waals surface area (Å²) in [4.78, 5) is 3.84. The Morgan fingerprint density at radius 2 is 1.60 bits per heavy atom. The summed E-state index contributed by atoms with van der Waals surface area (Å²) in [6.45, 7) is 3.47. The zero-order chi connectivity index (χ0) is 10.5. The second-order valence-corrected chi connectivity index (χ2v) is 3.07. The average Bonchev–Trinajstić information content (AvgIpc) is 2.31. The largest absolute Gasteiger partial charge is 0.457 e. The lowest BCUT2D eigenvalue weighted by molar-refractivity contribution is 0.483. The van der Waals surface area contributed by atoms with Crippen LogP contribution in [-0.2, 0) is 0 Å². The topological polar surface area (TPSA) is 21.6 Å². The maximum Gasteiger partial charge on any atom is 0.129 e. The van der Waals surface area contributed by atoms with E-state index >= 15 is 0 Å².